The molecule has 1 heterocycles. The third-order valence-corrected chi connectivity index (χ3v) is 4.48. The molecular weight excluding hydrogens is 400 g/mol. The van der Waals surface area contributed by atoms with Crippen molar-refractivity contribution in [1.29, 1.82) is 0 Å². The number of methoxy groups -OCH3 is 1. The third-order valence-electron chi connectivity index (χ3n) is 4.18. The fourth-order valence-electron chi connectivity index (χ4n) is 2.77. The summed E-state index contributed by atoms with van der Waals surface area (Å²) in [4.78, 5) is 48.7. The lowest BCUT2D eigenvalue weighted by atomic mass is 10.2. The lowest BCUT2D eigenvalue weighted by Crippen LogP contribution is -2.28. The van der Waals surface area contributed by atoms with Gasteiger partial charge in [-0.1, -0.05) is 11.6 Å². The number of hydrogen-bond donors (Lipinski definition) is 1. The Balaban J connectivity index is 1.55. The fourth-order valence-corrected chi connectivity index (χ4v) is 3.02. The van der Waals surface area contributed by atoms with Crippen LogP contribution >= 0.6 is 11.6 Å². The number of nitrogens with one attached hydrogen (secondary N) is 1. The van der Waals surface area contributed by atoms with Crippen LogP contribution < -0.4 is 15.0 Å². The zero-order valence-electron chi connectivity index (χ0n) is 15.4. The average Bonchev–Trinajstić information content (AvgIpc) is 3.04. The quantitative estimate of drug-likeness (QED) is 0.574. The van der Waals surface area contributed by atoms with E-state index in [2.05, 4.69) is 5.32 Å². The monoisotopic (exact) mass is 416 g/mol. The molecule has 9 heteroatoms. The van der Waals surface area contributed by atoms with Crippen LogP contribution in [0.1, 0.15) is 23.2 Å². The van der Waals surface area contributed by atoms with Gasteiger partial charge in [0.05, 0.1) is 23.4 Å². The van der Waals surface area contributed by atoms with Gasteiger partial charge in [-0.3, -0.25) is 19.3 Å². The van der Waals surface area contributed by atoms with E-state index >= 15 is 0 Å². The van der Waals surface area contributed by atoms with Crippen molar-refractivity contribution in [1.82, 2.24) is 0 Å². The first-order chi connectivity index (χ1) is 13.9. The molecule has 2 aromatic carbocycles. The summed E-state index contributed by atoms with van der Waals surface area (Å²) >= 11 is 5.99. The minimum absolute atomic E-state index is 0.178. The van der Waals surface area contributed by atoms with Crippen LogP contribution in [0, 0.1) is 0 Å². The van der Waals surface area contributed by atoms with E-state index in [0.717, 1.165) is 4.90 Å². The van der Waals surface area contributed by atoms with E-state index in [1.807, 2.05) is 0 Å². The van der Waals surface area contributed by atoms with Crippen LogP contribution in [-0.4, -0.2) is 37.4 Å². The smallest absolute Gasteiger partial charge is 0.338 e. The highest BCUT2D eigenvalue weighted by Crippen LogP contribution is 2.27. The van der Waals surface area contributed by atoms with Gasteiger partial charge in [-0.05, 0) is 42.5 Å². The van der Waals surface area contributed by atoms with Crippen molar-refractivity contribution in [3.63, 3.8) is 0 Å². The molecular formula is C20H17ClN2O6. The molecule has 0 unspecified atom stereocenters. The normalized spacial score (nSPS) is 13.4. The zero-order valence-corrected chi connectivity index (χ0v) is 16.2. The predicted octanol–water partition coefficient (Wildman–Crippen LogP) is 2.80. The second kappa shape index (κ2) is 8.74. The molecule has 1 fully saturated rings. The molecule has 0 saturated carbocycles. The van der Waals surface area contributed by atoms with Gasteiger partial charge in [-0.25, -0.2) is 4.79 Å². The maximum atomic E-state index is 12.1. The Kier molecular flexibility index (Phi) is 6.13. The highest BCUT2D eigenvalue weighted by Gasteiger charge is 2.30. The minimum Gasteiger partial charge on any atom is -0.495 e. The lowest BCUT2D eigenvalue weighted by Gasteiger charge is -2.14. The zero-order chi connectivity index (χ0) is 21.0. The van der Waals surface area contributed by atoms with Crippen LogP contribution in [0.15, 0.2) is 42.5 Å². The number of carbonyl (C=O) groups excluding carboxylic acids is 4. The number of nitrogens with zero attached hydrogens (tertiary/aromatic N) is 1. The molecule has 150 valence electrons. The van der Waals surface area contributed by atoms with E-state index < -0.39 is 18.5 Å². The number of rotatable bonds is 6. The van der Waals surface area contributed by atoms with E-state index in [4.69, 9.17) is 21.1 Å². The lowest BCUT2D eigenvalue weighted by molar-refractivity contribution is -0.121. The van der Waals surface area contributed by atoms with Crippen LogP contribution in [-0.2, 0) is 19.1 Å². The van der Waals surface area contributed by atoms with Gasteiger partial charge in [-0.2, -0.15) is 0 Å². The first-order valence-corrected chi connectivity index (χ1v) is 9.03. The molecule has 29 heavy (non-hydrogen) atoms. The van der Waals surface area contributed by atoms with Crippen LogP contribution in [0.3, 0.4) is 0 Å². The molecule has 3 amide bonds. The van der Waals surface area contributed by atoms with Gasteiger partial charge < -0.3 is 14.8 Å². The van der Waals surface area contributed by atoms with Gasteiger partial charge in [0, 0.05) is 18.5 Å². The molecule has 1 N–H and O–H groups in total. The molecule has 2 aromatic rings. The van der Waals surface area contributed by atoms with E-state index in [1.54, 1.807) is 12.1 Å². The van der Waals surface area contributed by atoms with Gasteiger partial charge in [-0.15, -0.1) is 0 Å². The molecule has 0 atom stereocenters. The van der Waals surface area contributed by atoms with Crippen molar-refractivity contribution in [2.24, 2.45) is 0 Å². The van der Waals surface area contributed by atoms with Crippen LogP contribution in [0.2, 0.25) is 5.02 Å². The van der Waals surface area contributed by atoms with E-state index in [1.165, 1.54) is 37.4 Å². The van der Waals surface area contributed by atoms with Crippen molar-refractivity contribution >= 4 is 46.7 Å². The summed E-state index contributed by atoms with van der Waals surface area (Å²) in [5.41, 5.74) is 1.01. The molecule has 0 radical (unpaired) electrons. The number of esters is 1. The molecule has 0 aliphatic carbocycles. The summed E-state index contributed by atoms with van der Waals surface area (Å²) in [5, 5.41) is 2.89. The Morgan fingerprint density at radius 2 is 1.72 bits per heavy atom. The van der Waals surface area contributed by atoms with Crippen LogP contribution in [0.25, 0.3) is 0 Å². The molecule has 0 bridgehead atoms. The van der Waals surface area contributed by atoms with Crippen molar-refractivity contribution in [3.8, 4) is 5.75 Å². The first-order valence-electron chi connectivity index (χ1n) is 8.65. The Bertz CT molecular complexity index is 957. The van der Waals surface area contributed by atoms with Crippen molar-refractivity contribution in [3.05, 3.63) is 53.1 Å². The van der Waals surface area contributed by atoms with E-state index in [-0.39, 0.29) is 30.2 Å². The van der Waals surface area contributed by atoms with Gasteiger partial charge in [0.25, 0.3) is 5.91 Å². The molecule has 1 aliphatic heterocycles. The predicted molar refractivity (Wildman–Crippen MR) is 105 cm³/mol. The largest absolute Gasteiger partial charge is 0.495 e. The van der Waals surface area contributed by atoms with Crippen LogP contribution in [0.4, 0.5) is 11.4 Å². The number of anilines is 2. The van der Waals surface area contributed by atoms with Crippen LogP contribution in [0.5, 0.6) is 5.75 Å². The number of hydrogen-bond acceptors (Lipinski definition) is 6. The fraction of sp³-hybridized carbons (Fsp3) is 0.200. The Labute approximate surface area is 171 Å². The number of carbonyl (C=O) groups is 4. The molecule has 1 saturated heterocycles. The van der Waals surface area contributed by atoms with Gasteiger partial charge in [0.2, 0.25) is 11.8 Å². The Morgan fingerprint density at radius 1 is 1.07 bits per heavy atom. The number of halogens is 1. The highest BCUT2D eigenvalue weighted by molar-refractivity contribution is 6.32. The number of benzene rings is 2. The number of imide groups is 1. The third kappa shape index (κ3) is 4.72. The highest BCUT2D eigenvalue weighted by atomic mass is 35.5. The molecule has 0 spiro atoms. The summed E-state index contributed by atoms with van der Waals surface area (Å²) in [6.07, 6.45) is 0.355. The SMILES string of the molecule is COc1ccc(NC(=O)COC(=O)c2ccc(N3C(=O)CCC3=O)cc2)cc1Cl. The Morgan fingerprint density at radius 3 is 2.31 bits per heavy atom. The number of amides is 3. The van der Waals surface area contributed by atoms with Crippen molar-refractivity contribution in [2.45, 2.75) is 12.8 Å². The average molecular weight is 417 g/mol. The van der Waals surface area contributed by atoms with Gasteiger partial charge in [0.1, 0.15) is 5.75 Å². The van der Waals surface area contributed by atoms with Crippen molar-refractivity contribution < 1.29 is 28.7 Å². The molecule has 3 rings (SSSR count). The minimum atomic E-state index is -0.710. The standard InChI is InChI=1S/C20H17ClN2O6/c1-28-16-7-4-13(10-15(16)21)22-17(24)11-29-20(27)12-2-5-14(6-3-12)23-18(25)8-9-19(23)26/h2-7,10H,8-9,11H2,1H3,(H,22,24). The Hall–Kier alpha value is -3.39. The van der Waals surface area contributed by atoms with E-state index in [0.29, 0.717) is 22.1 Å². The summed E-state index contributed by atoms with van der Waals surface area (Å²) in [6, 6.07) is 10.5. The summed E-state index contributed by atoms with van der Waals surface area (Å²) in [6.45, 7) is -0.493. The summed E-state index contributed by atoms with van der Waals surface area (Å²) < 4.78 is 10.0. The summed E-state index contributed by atoms with van der Waals surface area (Å²) in [5.74, 6) is -1.33. The molecule has 8 nitrogen and oxygen atoms in total. The number of ether oxygens (including phenoxy) is 2. The summed E-state index contributed by atoms with van der Waals surface area (Å²) in [7, 11) is 1.48. The van der Waals surface area contributed by atoms with Gasteiger partial charge in [0.15, 0.2) is 6.61 Å². The molecule has 0 aromatic heterocycles. The maximum Gasteiger partial charge on any atom is 0.338 e. The second-order valence-electron chi connectivity index (χ2n) is 6.14. The molecule has 1 aliphatic rings. The van der Waals surface area contributed by atoms with E-state index in [9.17, 15) is 19.2 Å². The maximum absolute atomic E-state index is 12.1. The first kappa shape index (κ1) is 20.3. The topological polar surface area (TPSA) is 102 Å². The van der Waals surface area contributed by atoms with Gasteiger partial charge >= 0.3 is 5.97 Å². The van der Waals surface area contributed by atoms with Crippen molar-refractivity contribution in [2.75, 3.05) is 23.9 Å². The second-order valence-corrected chi connectivity index (χ2v) is 6.55.